The third kappa shape index (κ3) is 6.56. The van der Waals surface area contributed by atoms with E-state index < -0.39 is 0 Å². The molecule has 116 valence electrons. The van der Waals surface area contributed by atoms with E-state index in [2.05, 4.69) is 6.58 Å². The van der Waals surface area contributed by atoms with Gasteiger partial charge in [-0.15, -0.1) is 0 Å². The average molecular weight is 292 g/mol. The van der Waals surface area contributed by atoms with Crippen LogP contribution in [0.15, 0.2) is 30.9 Å². The molecule has 0 spiro atoms. The normalized spacial score (nSPS) is 9.10. The number of hydrogen-bond acceptors (Lipinski definition) is 4. The Balaban J connectivity index is 0. The van der Waals surface area contributed by atoms with Gasteiger partial charge in [0.15, 0.2) is 0 Å². The fourth-order valence-corrected chi connectivity index (χ4v) is 1.46. The first-order valence-electron chi connectivity index (χ1n) is 6.91. The van der Waals surface area contributed by atoms with Crippen molar-refractivity contribution < 1.29 is 19.1 Å². The van der Waals surface area contributed by atoms with Crippen molar-refractivity contribution in [1.82, 2.24) is 0 Å². The summed E-state index contributed by atoms with van der Waals surface area (Å²) in [5, 5.41) is 0. The second-order valence-corrected chi connectivity index (χ2v) is 3.01. The molecule has 0 bridgehead atoms. The van der Waals surface area contributed by atoms with E-state index in [1.165, 1.54) is 0 Å². The molecule has 4 heteroatoms. The van der Waals surface area contributed by atoms with Crippen molar-refractivity contribution in [3.8, 4) is 5.75 Å². The largest absolute Gasteiger partial charge is 0.428 e. The van der Waals surface area contributed by atoms with Gasteiger partial charge < -0.3 is 9.47 Å². The SMILES string of the molecule is C=Cc1cccc(OC=O)c1/C(=C\C)OC=O.CC.CC. The molecule has 0 saturated heterocycles. The Morgan fingerprint density at radius 1 is 1.10 bits per heavy atom. The van der Waals surface area contributed by atoms with Crippen LogP contribution in [-0.4, -0.2) is 12.9 Å². The Kier molecular flexibility index (Phi) is 14.0. The Morgan fingerprint density at radius 3 is 2.14 bits per heavy atom. The molecule has 0 N–H and O–H groups in total. The van der Waals surface area contributed by atoms with Crippen LogP contribution in [0, 0.1) is 0 Å². The highest BCUT2D eigenvalue weighted by Gasteiger charge is 2.13. The highest BCUT2D eigenvalue weighted by atomic mass is 16.5. The zero-order valence-corrected chi connectivity index (χ0v) is 13.4. The van der Waals surface area contributed by atoms with E-state index >= 15 is 0 Å². The number of hydrogen-bond donors (Lipinski definition) is 0. The van der Waals surface area contributed by atoms with Crippen LogP contribution < -0.4 is 4.74 Å². The first-order chi connectivity index (χ1) is 10.3. The van der Waals surface area contributed by atoms with Gasteiger partial charge in [0.2, 0.25) is 0 Å². The molecule has 0 atom stereocenters. The lowest BCUT2D eigenvalue weighted by atomic mass is 10.0. The van der Waals surface area contributed by atoms with Gasteiger partial charge in [-0.05, 0) is 24.6 Å². The van der Waals surface area contributed by atoms with E-state index in [4.69, 9.17) is 9.47 Å². The number of ether oxygens (including phenoxy) is 2. The first kappa shape index (κ1) is 20.9. The quantitative estimate of drug-likeness (QED) is 0.574. The second-order valence-electron chi connectivity index (χ2n) is 3.01. The zero-order chi connectivity index (χ0) is 16.7. The molecule has 0 amide bonds. The fraction of sp³-hybridized carbons (Fsp3) is 0.294. The van der Waals surface area contributed by atoms with Gasteiger partial charge >= 0.3 is 0 Å². The van der Waals surface area contributed by atoms with E-state index in [9.17, 15) is 9.59 Å². The summed E-state index contributed by atoms with van der Waals surface area (Å²) in [5.74, 6) is 0.625. The lowest BCUT2D eigenvalue weighted by Gasteiger charge is -2.12. The number of allylic oxidation sites excluding steroid dienone is 1. The highest BCUT2D eigenvalue weighted by Crippen LogP contribution is 2.30. The van der Waals surface area contributed by atoms with Gasteiger partial charge in [-0.2, -0.15) is 0 Å². The summed E-state index contributed by atoms with van der Waals surface area (Å²) in [4.78, 5) is 20.8. The summed E-state index contributed by atoms with van der Waals surface area (Å²) in [6.45, 7) is 14.0. The third-order valence-corrected chi connectivity index (χ3v) is 2.14. The average Bonchev–Trinajstić information content (AvgIpc) is 2.56. The molecule has 0 heterocycles. The summed E-state index contributed by atoms with van der Waals surface area (Å²) in [6, 6.07) is 5.10. The molecule has 1 aromatic carbocycles. The van der Waals surface area contributed by atoms with Gasteiger partial charge in [0.25, 0.3) is 12.9 Å². The summed E-state index contributed by atoms with van der Waals surface area (Å²) < 4.78 is 9.69. The summed E-state index contributed by atoms with van der Waals surface area (Å²) in [5.41, 5.74) is 1.23. The Hall–Kier alpha value is -2.36. The van der Waals surface area contributed by atoms with Crippen molar-refractivity contribution in [1.29, 1.82) is 0 Å². The van der Waals surface area contributed by atoms with E-state index in [0.717, 1.165) is 0 Å². The lowest BCUT2D eigenvalue weighted by Crippen LogP contribution is -1.99. The Labute approximate surface area is 127 Å². The van der Waals surface area contributed by atoms with Crippen LogP contribution in [0.2, 0.25) is 0 Å². The molecule has 4 nitrogen and oxygen atoms in total. The molecule has 0 radical (unpaired) electrons. The lowest BCUT2D eigenvalue weighted by molar-refractivity contribution is -0.122. The number of benzene rings is 1. The van der Waals surface area contributed by atoms with E-state index in [1.807, 2.05) is 27.7 Å². The van der Waals surface area contributed by atoms with Crippen molar-refractivity contribution in [2.75, 3.05) is 0 Å². The monoisotopic (exact) mass is 292 g/mol. The van der Waals surface area contributed by atoms with E-state index in [0.29, 0.717) is 35.6 Å². The van der Waals surface area contributed by atoms with Gasteiger partial charge in [-0.1, -0.05) is 52.5 Å². The number of rotatable bonds is 6. The van der Waals surface area contributed by atoms with E-state index in [-0.39, 0.29) is 0 Å². The van der Waals surface area contributed by atoms with Crippen molar-refractivity contribution in [3.05, 3.63) is 42.0 Å². The molecular formula is C17H24O4. The minimum atomic E-state index is 0.312. The molecule has 0 aliphatic carbocycles. The topological polar surface area (TPSA) is 52.6 Å². The standard InChI is InChI=1S/C13H12O4.2C2H6/c1-3-10-6-5-7-12(17-9-15)13(10)11(4-2)16-8-14;2*1-2/h3-9H,1H2,2H3;2*1-2H3/b11-4+;;. The maximum atomic E-state index is 10.4. The van der Waals surface area contributed by atoms with Gasteiger partial charge in [0.1, 0.15) is 11.5 Å². The third-order valence-electron chi connectivity index (χ3n) is 2.14. The predicted octanol–water partition coefficient (Wildman–Crippen LogP) is 4.45. The minimum Gasteiger partial charge on any atom is -0.428 e. The Bertz CT molecular complexity index is 462. The maximum Gasteiger partial charge on any atom is 0.298 e. The van der Waals surface area contributed by atoms with Crippen LogP contribution in [0.25, 0.3) is 11.8 Å². The molecular weight excluding hydrogens is 268 g/mol. The van der Waals surface area contributed by atoms with E-state index in [1.54, 1.807) is 37.3 Å². The molecule has 0 aromatic heterocycles. The van der Waals surface area contributed by atoms with Crippen LogP contribution in [0.1, 0.15) is 45.7 Å². The molecule has 0 aliphatic heterocycles. The second kappa shape index (κ2) is 14.1. The minimum absolute atomic E-state index is 0.312. The van der Waals surface area contributed by atoms with Crippen LogP contribution in [0.5, 0.6) is 5.75 Å². The number of carbonyl (C=O) groups is 2. The predicted molar refractivity (Wildman–Crippen MR) is 86.7 cm³/mol. The molecule has 0 aliphatic rings. The van der Waals surface area contributed by atoms with Gasteiger partial charge in [0.05, 0.1) is 5.56 Å². The van der Waals surface area contributed by atoms with Crippen molar-refractivity contribution in [2.24, 2.45) is 0 Å². The first-order valence-corrected chi connectivity index (χ1v) is 6.91. The maximum absolute atomic E-state index is 10.4. The molecule has 1 rings (SSSR count). The summed E-state index contributed by atoms with van der Waals surface area (Å²) >= 11 is 0. The van der Waals surface area contributed by atoms with Crippen molar-refractivity contribution >= 4 is 24.8 Å². The smallest absolute Gasteiger partial charge is 0.298 e. The van der Waals surface area contributed by atoms with Crippen LogP contribution in [0.4, 0.5) is 0 Å². The number of carbonyl (C=O) groups excluding carboxylic acids is 2. The van der Waals surface area contributed by atoms with Gasteiger partial charge in [-0.3, -0.25) is 9.59 Å². The van der Waals surface area contributed by atoms with Crippen LogP contribution in [-0.2, 0) is 14.3 Å². The van der Waals surface area contributed by atoms with Crippen LogP contribution in [0.3, 0.4) is 0 Å². The van der Waals surface area contributed by atoms with Crippen molar-refractivity contribution in [3.63, 3.8) is 0 Å². The van der Waals surface area contributed by atoms with Gasteiger partial charge in [-0.25, -0.2) is 0 Å². The summed E-state index contributed by atoms with van der Waals surface area (Å²) in [7, 11) is 0. The zero-order valence-electron chi connectivity index (χ0n) is 13.4. The fourth-order valence-electron chi connectivity index (χ4n) is 1.46. The molecule has 21 heavy (non-hydrogen) atoms. The highest BCUT2D eigenvalue weighted by molar-refractivity contribution is 5.78. The van der Waals surface area contributed by atoms with Gasteiger partial charge in [0, 0.05) is 0 Å². The molecule has 0 saturated carbocycles. The molecule has 1 aromatic rings. The molecule has 0 fully saturated rings. The van der Waals surface area contributed by atoms with Crippen molar-refractivity contribution in [2.45, 2.75) is 34.6 Å². The summed E-state index contributed by atoms with van der Waals surface area (Å²) in [6.07, 6.45) is 3.19. The molecule has 0 unspecified atom stereocenters. The Morgan fingerprint density at radius 2 is 1.71 bits per heavy atom. The van der Waals surface area contributed by atoms with Crippen LogP contribution >= 0.6 is 0 Å².